The molecule has 0 amide bonds. The van der Waals surface area contributed by atoms with E-state index in [4.69, 9.17) is 9.73 Å². The van der Waals surface area contributed by atoms with Crippen LogP contribution in [0.25, 0.3) is 11.3 Å². The van der Waals surface area contributed by atoms with Gasteiger partial charge in [0.2, 0.25) is 0 Å². The van der Waals surface area contributed by atoms with Gasteiger partial charge in [-0.25, -0.2) is 4.99 Å². The molecule has 0 saturated heterocycles. The van der Waals surface area contributed by atoms with Gasteiger partial charge in [-0.3, -0.25) is 0 Å². The zero-order valence-electron chi connectivity index (χ0n) is 14.0. The van der Waals surface area contributed by atoms with Crippen LogP contribution in [-0.4, -0.2) is 11.7 Å². The highest BCUT2D eigenvalue weighted by molar-refractivity contribution is 8.93. The van der Waals surface area contributed by atoms with E-state index in [2.05, 4.69) is 60.2 Å². The van der Waals surface area contributed by atoms with Gasteiger partial charge in [0.05, 0.1) is 18.5 Å². The van der Waals surface area contributed by atoms with Crippen LogP contribution in [0.4, 0.5) is 5.69 Å². The summed E-state index contributed by atoms with van der Waals surface area (Å²) < 4.78 is 7.48. The highest BCUT2D eigenvalue weighted by Crippen LogP contribution is 2.23. The minimum Gasteiger partial charge on any atom is -0.497 e. The number of aromatic nitrogens is 1. The number of halogens is 1. The second-order valence-electron chi connectivity index (χ2n) is 5.32. The van der Waals surface area contributed by atoms with Gasteiger partial charge in [-0.2, -0.15) is 0 Å². The van der Waals surface area contributed by atoms with Crippen molar-refractivity contribution in [2.24, 2.45) is 4.99 Å². The predicted molar refractivity (Wildman–Crippen MR) is 107 cm³/mol. The van der Waals surface area contributed by atoms with Gasteiger partial charge >= 0.3 is 0 Å². The Morgan fingerprint density at radius 1 is 1.04 bits per heavy atom. The first-order chi connectivity index (χ1) is 11.2. The molecule has 0 radical (unpaired) electrons. The Hall–Kier alpha value is -1.85. The Labute approximate surface area is 157 Å². The number of hydrogen-bond acceptors (Lipinski definition) is 3. The molecule has 0 unspecified atom stereocenters. The lowest BCUT2D eigenvalue weighted by Crippen LogP contribution is -2.14. The first-order valence-electron chi connectivity index (χ1n) is 7.65. The third-order valence-electron chi connectivity index (χ3n) is 3.76. The van der Waals surface area contributed by atoms with Gasteiger partial charge in [0.15, 0.2) is 4.80 Å². The quantitative estimate of drug-likeness (QED) is 0.574. The first kappa shape index (κ1) is 18.5. The summed E-state index contributed by atoms with van der Waals surface area (Å²) in [5, 5.41) is 2.17. The monoisotopic (exact) mass is 404 g/mol. The van der Waals surface area contributed by atoms with E-state index in [9.17, 15) is 0 Å². The van der Waals surface area contributed by atoms with Crippen LogP contribution >= 0.6 is 28.3 Å². The Balaban J connectivity index is 0.00000208. The highest BCUT2D eigenvalue weighted by Gasteiger charge is 2.07. The molecule has 0 aliphatic carbocycles. The van der Waals surface area contributed by atoms with Crippen molar-refractivity contribution >= 4 is 34.0 Å². The van der Waals surface area contributed by atoms with Gasteiger partial charge < -0.3 is 9.30 Å². The molecule has 0 spiro atoms. The third-order valence-corrected chi connectivity index (χ3v) is 4.62. The number of ether oxygens (including phenoxy) is 1. The average molecular weight is 405 g/mol. The molecule has 24 heavy (non-hydrogen) atoms. The molecule has 0 aliphatic heterocycles. The van der Waals surface area contributed by atoms with Crippen LogP contribution in [0.2, 0.25) is 0 Å². The summed E-state index contributed by atoms with van der Waals surface area (Å²) in [5.41, 5.74) is 4.60. The summed E-state index contributed by atoms with van der Waals surface area (Å²) in [6.07, 6.45) is 0. The van der Waals surface area contributed by atoms with E-state index < -0.39 is 0 Å². The van der Waals surface area contributed by atoms with Crippen LogP contribution in [0.5, 0.6) is 5.75 Å². The maximum Gasteiger partial charge on any atom is 0.190 e. The van der Waals surface area contributed by atoms with Crippen molar-refractivity contribution in [3.63, 3.8) is 0 Å². The van der Waals surface area contributed by atoms with Crippen LogP contribution in [0.1, 0.15) is 12.5 Å². The van der Waals surface area contributed by atoms with Gasteiger partial charge in [0.1, 0.15) is 5.75 Å². The van der Waals surface area contributed by atoms with E-state index in [1.54, 1.807) is 18.4 Å². The summed E-state index contributed by atoms with van der Waals surface area (Å²) in [6.45, 7) is 5.12. The zero-order chi connectivity index (χ0) is 16.2. The van der Waals surface area contributed by atoms with Gasteiger partial charge in [-0.05, 0) is 55.8 Å². The van der Waals surface area contributed by atoms with E-state index in [0.29, 0.717) is 0 Å². The Kier molecular flexibility index (Phi) is 6.40. The van der Waals surface area contributed by atoms with Gasteiger partial charge in [0, 0.05) is 11.9 Å². The van der Waals surface area contributed by atoms with Gasteiger partial charge in [-0.1, -0.05) is 17.7 Å². The van der Waals surface area contributed by atoms with E-state index in [1.807, 2.05) is 12.1 Å². The normalized spacial score (nSPS) is 11.2. The second-order valence-corrected chi connectivity index (χ2v) is 6.16. The fraction of sp³-hybridized carbons (Fsp3) is 0.211. The lowest BCUT2D eigenvalue weighted by molar-refractivity contribution is 0.415. The van der Waals surface area contributed by atoms with Crippen LogP contribution in [0.3, 0.4) is 0 Å². The van der Waals surface area contributed by atoms with E-state index in [1.165, 1.54) is 16.8 Å². The fourth-order valence-corrected chi connectivity index (χ4v) is 3.44. The first-order valence-corrected chi connectivity index (χ1v) is 8.53. The molecule has 3 rings (SSSR count). The van der Waals surface area contributed by atoms with Crippen molar-refractivity contribution in [3.05, 3.63) is 64.3 Å². The van der Waals surface area contributed by atoms with Crippen molar-refractivity contribution < 1.29 is 4.74 Å². The highest BCUT2D eigenvalue weighted by atomic mass is 79.9. The molecule has 0 fully saturated rings. The minimum absolute atomic E-state index is 0. The number of thiazole rings is 1. The molecule has 3 aromatic rings. The number of aryl methyl sites for hydroxylation is 1. The minimum atomic E-state index is 0. The van der Waals surface area contributed by atoms with E-state index >= 15 is 0 Å². The van der Waals surface area contributed by atoms with Crippen LogP contribution in [-0.2, 0) is 6.54 Å². The van der Waals surface area contributed by atoms with Crippen molar-refractivity contribution in [2.75, 3.05) is 7.11 Å². The van der Waals surface area contributed by atoms with E-state index in [0.717, 1.165) is 22.8 Å². The number of hydrogen-bond donors (Lipinski definition) is 0. The van der Waals surface area contributed by atoms with Crippen LogP contribution < -0.4 is 9.54 Å². The summed E-state index contributed by atoms with van der Waals surface area (Å²) in [7, 11) is 1.68. The smallest absolute Gasteiger partial charge is 0.190 e. The molecule has 1 heterocycles. The second kappa shape index (κ2) is 8.31. The Bertz CT molecular complexity index is 848. The lowest BCUT2D eigenvalue weighted by Gasteiger charge is -2.07. The number of methoxy groups -OCH3 is 1. The summed E-state index contributed by atoms with van der Waals surface area (Å²) >= 11 is 1.67. The molecule has 1 aromatic heterocycles. The number of rotatable bonds is 4. The van der Waals surface area contributed by atoms with Crippen LogP contribution in [0, 0.1) is 6.92 Å². The zero-order valence-corrected chi connectivity index (χ0v) is 16.6. The van der Waals surface area contributed by atoms with Gasteiger partial charge in [0.25, 0.3) is 0 Å². The average Bonchev–Trinajstić information content (AvgIpc) is 2.99. The standard InChI is InChI=1S/C19H20N2OS.BrH/c1-4-21-18(15-7-11-17(22-3)12-8-15)13-23-19(21)20-16-9-5-14(2)6-10-16;/h5-13H,4H2,1-3H3;1H. The van der Waals surface area contributed by atoms with Crippen molar-refractivity contribution in [1.29, 1.82) is 0 Å². The molecule has 0 bridgehead atoms. The molecule has 0 saturated carbocycles. The number of benzene rings is 2. The number of nitrogens with zero attached hydrogens (tertiary/aromatic N) is 2. The van der Waals surface area contributed by atoms with Crippen molar-refractivity contribution in [2.45, 2.75) is 20.4 Å². The van der Waals surface area contributed by atoms with E-state index in [-0.39, 0.29) is 17.0 Å². The molecule has 3 nitrogen and oxygen atoms in total. The topological polar surface area (TPSA) is 26.5 Å². The molecular formula is C19H21BrN2OS. The SMILES string of the molecule is Br.CCn1c(-c2ccc(OC)cc2)csc1=Nc1ccc(C)cc1. The maximum absolute atomic E-state index is 5.23. The molecule has 0 atom stereocenters. The third kappa shape index (κ3) is 3.97. The summed E-state index contributed by atoms with van der Waals surface area (Å²) in [4.78, 5) is 5.81. The summed E-state index contributed by atoms with van der Waals surface area (Å²) in [6, 6.07) is 16.4. The molecule has 5 heteroatoms. The molecular weight excluding hydrogens is 384 g/mol. The van der Waals surface area contributed by atoms with Crippen molar-refractivity contribution in [1.82, 2.24) is 4.57 Å². The van der Waals surface area contributed by atoms with Crippen molar-refractivity contribution in [3.8, 4) is 17.0 Å². The maximum atomic E-state index is 5.23. The Morgan fingerprint density at radius 2 is 1.71 bits per heavy atom. The molecule has 0 aliphatic rings. The largest absolute Gasteiger partial charge is 0.497 e. The summed E-state index contributed by atoms with van der Waals surface area (Å²) in [5.74, 6) is 0.872. The molecule has 2 aromatic carbocycles. The Morgan fingerprint density at radius 3 is 2.29 bits per heavy atom. The van der Waals surface area contributed by atoms with Crippen LogP contribution in [0.15, 0.2) is 58.9 Å². The molecule has 0 N–H and O–H groups in total. The van der Waals surface area contributed by atoms with Gasteiger partial charge in [-0.15, -0.1) is 28.3 Å². The fourth-order valence-electron chi connectivity index (χ4n) is 2.45. The molecule has 126 valence electrons. The predicted octanol–water partition coefficient (Wildman–Crippen LogP) is 5.36. The lowest BCUT2D eigenvalue weighted by atomic mass is 10.1.